The molecule has 0 radical (unpaired) electrons. The molecule has 1 heterocycles. The van der Waals surface area contributed by atoms with Gasteiger partial charge in [-0.1, -0.05) is 0 Å². The molecule has 174 valence electrons. The van der Waals surface area contributed by atoms with Crippen LogP contribution in [0.2, 0.25) is 0 Å². The van der Waals surface area contributed by atoms with E-state index in [-0.39, 0.29) is 31.6 Å². The molecule has 31 heavy (non-hydrogen) atoms. The number of carboxylic acid groups (broad SMARTS) is 1. The number of aliphatic carboxylic acids is 1. The largest absolute Gasteiger partial charge is 0.480 e. The maximum absolute atomic E-state index is 12.9. The SMILES string of the molecule is NC(=O)CCC(NC(=O)C1CCCN1C(=O)C(CS)NC(=O)C(N)CC(N)=O)C(=O)O. The minimum atomic E-state index is -1.34. The Morgan fingerprint density at radius 1 is 1.06 bits per heavy atom. The summed E-state index contributed by atoms with van der Waals surface area (Å²) in [5.41, 5.74) is 15.6. The Morgan fingerprint density at radius 2 is 1.71 bits per heavy atom. The molecule has 0 aromatic heterocycles. The number of amides is 5. The summed E-state index contributed by atoms with van der Waals surface area (Å²) in [4.78, 5) is 72.0. The van der Waals surface area contributed by atoms with Crippen molar-refractivity contribution >= 4 is 48.1 Å². The number of nitrogens with one attached hydrogen (secondary N) is 2. The summed E-state index contributed by atoms with van der Waals surface area (Å²) in [6.45, 7) is 0.212. The zero-order chi connectivity index (χ0) is 23.7. The number of likely N-dealkylation sites (tertiary alicyclic amines) is 1. The van der Waals surface area contributed by atoms with Crippen LogP contribution in [0.25, 0.3) is 0 Å². The number of thiol groups is 1. The quantitative estimate of drug-likeness (QED) is 0.144. The van der Waals surface area contributed by atoms with Crippen LogP contribution in [0.3, 0.4) is 0 Å². The average Bonchev–Trinajstić information content (AvgIpc) is 3.17. The lowest BCUT2D eigenvalue weighted by molar-refractivity contribution is -0.145. The highest BCUT2D eigenvalue weighted by atomic mass is 32.1. The van der Waals surface area contributed by atoms with Crippen molar-refractivity contribution in [1.82, 2.24) is 15.5 Å². The number of rotatable bonds is 12. The first kappa shape index (κ1) is 26.2. The van der Waals surface area contributed by atoms with E-state index in [0.29, 0.717) is 6.42 Å². The Bertz CT molecular complexity index is 734. The molecule has 4 unspecified atom stereocenters. The van der Waals surface area contributed by atoms with Crippen LogP contribution >= 0.6 is 12.6 Å². The van der Waals surface area contributed by atoms with Gasteiger partial charge in [-0.05, 0) is 19.3 Å². The number of hydrogen-bond donors (Lipinski definition) is 7. The molecule has 1 saturated heterocycles. The van der Waals surface area contributed by atoms with E-state index >= 15 is 0 Å². The molecule has 13 nitrogen and oxygen atoms in total. The second-order valence-corrected chi connectivity index (χ2v) is 7.48. The van der Waals surface area contributed by atoms with Crippen molar-refractivity contribution in [2.24, 2.45) is 17.2 Å². The number of carboxylic acids is 1. The van der Waals surface area contributed by atoms with Gasteiger partial charge in [-0.2, -0.15) is 12.6 Å². The first-order valence-electron chi connectivity index (χ1n) is 9.55. The smallest absolute Gasteiger partial charge is 0.326 e. The van der Waals surface area contributed by atoms with Crippen molar-refractivity contribution in [1.29, 1.82) is 0 Å². The van der Waals surface area contributed by atoms with Crippen molar-refractivity contribution in [3.05, 3.63) is 0 Å². The molecule has 0 aromatic rings. The molecule has 0 aromatic carbocycles. The van der Waals surface area contributed by atoms with E-state index in [4.69, 9.17) is 17.2 Å². The number of primary amides is 2. The number of nitrogens with two attached hydrogens (primary N) is 3. The summed E-state index contributed by atoms with van der Waals surface area (Å²) >= 11 is 4.05. The lowest BCUT2D eigenvalue weighted by Gasteiger charge is -2.29. The maximum Gasteiger partial charge on any atom is 0.326 e. The summed E-state index contributed by atoms with van der Waals surface area (Å²) in [6, 6.07) is -4.66. The third-order valence-corrected chi connectivity index (χ3v) is 5.05. The summed E-state index contributed by atoms with van der Waals surface area (Å²) in [6.07, 6.45) is -0.0601. The van der Waals surface area contributed by atoms with Gasteiger partial charge < -0.3 is 37.8 Å². The molecule has 0 saturated carbocycles. The normalized spacial score (nSPS) is 18.5. The van der Waals surface area contributed by atoms with E-state index < -0.39 is 66.1 Å². The minimum absolute atomic E-state index is 0.102. The van der Waals surface area contributed by atoms with Crippen LogP contribution in [0.5, 0.6) is 0 Å². The van der Waals surface area contributed by atoms with Gasteiger partial charge in [0.25, 0.3) is 0 Å². The molecule has 4 atom stereocenters. The second-order valence-electron chi connectivity index (χ2n) is 7.11. The van der Waals surface area contributed by atoms with Crippen LogP contribution in [-0.4, -0.2) is 82.0 Å². The highest BCUT2D eigenvalue weighted by Gasteiger charge is 2.38. The number of carbonyl (C=O) groups is 6. The third kappa shape index (κ3) is 8.05. The fourth-order valence-electron chi connectivity index (χ4n) is 3.09. The van der Waals surface area contributed by atoms with Gasteiger partial charge in [-0.25, -0.2) is 4.79 Å². The Hall–Kier alpha value is -2.87. The van der Waals surface area contributed by atoms with Gasteiger partial charge in [-0.3, -0.25) is 24.0 Å². The second kappa shape index (κ2) is 12.1. The Balaban J connectivity index is 2.82. The van der Waals surface area contributed by atoms with Crippen molar-refractivity contribution in [3.8, 4) is 0 Å². The molecule has 0 spiro atoms. The van der Waals surface area contributed by atoms with E-state index in [1.807, 2.05) is 0 Å². The summed E-state index contributed by atoms with van der Waals surface area (Å²) in [7, 11) is 0. The van der Waals surface area contributed by atoms with Gasteiger partial charge in [-0.15, -0.1) is 0 Å². The zero-order valence-corrected chi connectivity index (χ0v) is 17.7. The van der Waals surface area contributed by atoms with Crippen LogP contribution in [-0.2, 0) is 28.8 Å². The van der Waals surface area contributed by atoms with E-state index in [9.17, 15) is 33.9 Å². The number of nitrogens with zero attached hydrogens (tertiary/aromatic N) is 1. The lowest BCUT2D eigenvalue weighted by atomic mass is 10.1. The molecule has 5 amide bonds. The van der Waals surface area contributed by atoms with E-state index in [1.165, 1.54) is 4.90 Å². The molecule has 14 heteroatoms. The summed E-state index contributed by atoms with van der Waals surface area (Å²) in [5.74, 6) is -5.00. The highest BCUT2D eigenvalue weighted by Crippen LogP contribution is 2.19. The lowest BCUT2D eigenvalue weighted by Crippen LogP contribution is -2.57. The fourth-order valence-corrected chi connectivity index (χ4v) is 3.34. The molecule has 1 aliphatic heterocycles. The molecule has 0 bridgehead atoms. The van der Waals surface area contributed by atoms with Crippen molar-refractivity contribution in [2.45, 2.75) is 56.3 Å². The molecule has 1 fully saturated rings. The summed E-state index contributed by atoms with van der Waals surface area (Å²) in [5, 5.41) is 13.9. The monoisotopic (exact) mass is 460 g/mol. The average molecular weight is 461 g/mol. The molecule has 1 aliphatic rings. The maximum atomic E-state index is 12.9. The van der Waals surface area contributed by atoms with Gasteiger partial charge in [0.15, 0.2) is 0 Å². The third-order valence-electron chi connectivity index (χ3n) is 4.69. The van der Waals surface area contributed by atoms with Crippen LogP contribution in [0.1, 0.15) is 32.1 Å². The molecule has 0 aliphatic carbocycles. The number of hydrogen-bond acceptors (Lipinski definition) is 8. The first-order valence-corrected chi connectivity index (χ1v) is 10.2. The van der Waals surface area contributed by atoms with Gasteiger partial charge in [0.2, 0.25) is 29.5 Å². The molecular formula is C17H28N6O7S. The van der Waals surface area contributed by atoms with Crippen LogP contribution in [0.15, 0.2) is 0 Å². The zero-order valence-electron chi connectivity index (χ0n) is 16.8. The Morgan fingerprint density at radius 3 is 2.23 bits per heavy atom. The van der Waals surface area contributed by atoms with Crippen LogP contribution in [0.4, 0.5) is 0 Å². The summed E-state index contributed by atoms with van der Waals surface area (Å²) < 4.78 is 0. The van der Waals surface area contributed by atoms with Crippen molar-refractivity contribution in [3.63, 3.8) is 0 Å². The Labute approximate surface area is 183 Å². The standard InChI is InChI=1S/C17H28N6O7S/c18-8(6-13(20)25)14(26)22-10(7-31)16(28)23-5-1-2-11(23)15(27)21-9(17(29)30)3-4-12(19)24/h8-11,31H,1-7,18H2,(H2,19,24)(H2,20,25)(H,21,27)(H,22,26)(H,29,30). The molecule has 9 N–H and O–H groups in total. The minimum Gasteiger partial charge on any atom is -0.480 e. The van der Waals surface area contributed by atoms with Crippen molar-refractivity contribution in [2.75, 3.05) is 12.3 Å². The predicted octanol–water partition coefficient (Wildman–Crippen LogP) is -3.57. The highest BCUT2D eigenvalue weighted by molar-refractivity contribution is 7.80. The number of carbonyl (C=O) groups excluding carboxylic acids is 5. The van der Waals surface area contributed by atoms with Crippen LogP contribution < -0.4 is 27.8 Å². The topological polar surface area (TPSA) is 228 Å². The fraction of sp³-hybridized carbons (Fsp3) is 0.647. The Kier molecular flexibility index (Phi) is 10.2. The van der Waals surface area contributed by atoms with Gasteiger partial charge in [0.05, 0.1) is 12.5 Å². The van der Waals surface area contributed by atoms with E-state index in [0.717, 1.165) is 0 Å². The van der Waals surface area contributed by atoms with Crippen molar-refractivity contribution < 1.29 is 33.9 Å². The van der Waals surface area contributed by atoms with E-state index in [2.05, 4.69) is 23.3 Å². The molecule has 1 rings (SSSR count). The van der Waals surface area contributed by atoms with Gasteiger partial charge in [0, 0.05) is 18.7 Å². The predicted molar refractivity (Wildman–Crippen MR) is 110 cm³/mol. The van der Waals surface area contributed by atoms with Gasteiger partial charge in [0.1, 0.15) is 18.1 Å². The van der Waals surface area contributed by atoms with E-state index in [1.54, 1.807) is 0 Å². The van der Waals surface area contributed by atoms with Gasteiger partial charge >= 0.3 is 5.97 Å². The van der Waals surface area contributed by atoms with Crippen LogP contribution in [0, 0.1) is 0 Å². The molecular weight excluding hydrogens is 432 g/mol. The first-order chi connectivity index (χ1) is 14.5.